The molecule has 4 heteroatoms. The van der Waals surface area contributed by atoms with Crippen molar-refractivity contribution in [2.24, 2.45) is 0 Å². The summed E-state index contributed by atoms with van der Waals surface area (Å²) < 4.78 is 10.4. The lowest BCUT2D eigenvalue weighted by atomic mass is 10.1. The molecule has 124 valence electrons. The molecule has 0 amide bonds. The third-order valence-corrected chi connectivity index (χ3v) is 2.83. The Labute approximate surface area is 133 Å². The zero-order chi connectivity index (χ0) is 17.0. The lowest BCUT2D eigenvalue weighted by Gasteiger charge is -2.14. The van der Waals surface area contributed by atoms with Crippen molar-refractivity contribution in [3.05, 3.63) is 36.5 Å². The van der Waals surface area contributed by atoms with Crippen LogP contribution in [0.3, 0.4) is 0 Å². The highest BCUT2D eigenvalue weighted by Gasteiger charge is 2.16. The number of allylic oxidation sites excluding steroid dienone is 2. The van der Waals surface area contributed by atoms with Crippen LogP contribution in [0.2, 0.25) is 0 Å². The molecule has 0 aromatic heterocycles. The first-order chi connectivity index (χ1) is 10.4. The summed E-state index contributed by atoms with van der Waals surface area (Å²) in [6.45, 7) is 13.6. The summed E-state index contributed by atoms with van der Waals surface area (Å²) in [5.74, 6) is -1.00. The van der Waals surface area contributed by atoms with Crippen LogP contribution in [-0.2, 0) is 19.1 Å². The van der Waals surface area contributed by atoms with Gasteiger partial charge in [-0.1, -0.05) is 51.5 Å². The molecule has 0 saturated carbocycles. The smallest absolute Gasteiger partial charge is 0.333 e. The second kappa shape index (κ2) is 11.8. The molecule has 1 atom stereocenters. The Kier molecular flexibility index (Phi) is 10.8. The van der Waals surface area contributed by atoms with E-state index in [-0.39, 0.29) is 18.1 Å². The van der Waals surface area contributed by atoms with Crippen LogP contribution in [0, 0.1) is 0 Å². The quantitative estimate of drug-likeness (QED) is 0.249. The Morgan fingerprint density at radius 3 is 2.41 bits per heavy atom. The number of carbonyl (C=O) groups is 2. The average Bonchev–Trinajstić information content (AvgIpc) is 2.44. The zero-order valence-electron chi connectivity index (χ0n) is 14.0. The molecule has 0 aromatic rings. The predicted molar refractivity (Wildman–Crippen MR) is 88.4 cm³/mol. The number of hydrogen-bond acceptors (Lipinski definition) is 4. The molecule has 0 N–H and O–H groups in total. The van der Waals surface area contributed by atoms with Crippen molar-refractivity contribution in [3.63, 3.8) is 0 Å². The van der Waals surface area contributed by atoms with Gasteiger partial charge in [0.15, 0.2) is 0 Å². The minimum Gasteiger partial charge on any atom is -0.462 e. The Balaban J connectivity index is 4.35. The first kappa shape index (κ1) is 20.2. The molecular weight excluding hydrogens is 280 g/mol. The van der Waals surface area contributed by atoms with Crippen LogP contribution in [-0.4, -0.2) is 24.6 Å². The van der Waals surface area contributed by atoms with E-state index >= 15 is 0 Å². The van der Waals surface area contributed by atoms with Gasteiger partial charge in [-0.05, 0) is 25.8 Å². The maximum absolute atomic E-state index is 11.9. The first-order valence-corrected chi connectivity index (χ1v) is 7.78. The SMILES string of the molecule is C=C(C)/C=C/C(CCC)OC(=O)CC(=C)C(=O)OCCCC. The van der Waals surface area contributed by atoms with E-state index in [9.17, 15) is 9.59 Å². The van der Waals surface area contributed by atoms with Gasteiger partial charge in [-0.15, -0.1) is 0 Å². The minimum absolute atomic E-state index is 0.125. The first-order valence-electron chi connectivity index (χ1n) is 7.78. The van der Waals surface area contributed by atoms with Gasteiger partial charge in [-0.2, -0.15) is 0 Å². The van der Waals surface area contributed by atoms with E-state index in [0.29, 0.717) is 6.61 Å². The molecule has 0 aliphatic carbocycles. The van der Waals surface area contributed by atoms with E-state index in [4.69, 9.17) is 9.47 Å². The second-order valence-corrected chi connectivity index (χ2v) is 5.29. The zero-order valence-corrected chi connectivity index (χ0v) is 14.0. The van der Waals surface area contributed by atoms with Gasteiger partial charge in [0.25, 0.3) is 0 Å². The van der Waals surface area contributed by atoms with Crippen LogP contribution in [0.1, 0.15) is 52.9 Å². The van der Waals surface area contributed by atoms with Gasteiger partial charge in [-0.3, -0.25) is 4.79 Å². The summed E-state index contributed by atoms with van der Waals surface area (Å²) in [4.78, 5) is 23.5. The van der Waals surface area contributed by atoms with Gasteiger partial charge in [0.05, 0.1) is 13.0 Å². The summed E-state index contributed by atoms with van der Waals surface area (Å²) in [7, 11) is 0. The average molecular weight is 308 g/mol. The molecule has 0 fully saturated rings. The number of hydrogen-bond donors (Lipinski definition) is 0. The highest BCUT2D eigenvalue weighted by Crippen LogP contribution is 2.10. The van der Waals surface area contributed by atoms with Crippen LogP contribution >= 0.6 is 0 Å². The minimum atomic E-state index is -0.532. The van der Waals surface area contributed by atoms with Gasteiger partial charge in [0.2, 0.25) is 0 Å². The maximum Gasteiger partial charge on any atom is 0.333 e. The molecule has 0 heterocycles. The van der Waals surface area contributed by atoms with Crippen molar-refractivity contribution < 1.29 is 19.1 Å². The topological polar surface area (TPSA) is 52.6 Å². The van der Waals surface area contributed by atoms with Crippen LogP contribution < -0.4 is 0 Å². The van der Waals surface area contributed by atoms with E-state index < -0.39 is 11.9 Å². The molecule has 1 unspecified atom stereocenters. The van der Waals surface area contributed by atoms with Gasteiger partial charge < -0.3 is 9.47 Å². The van der Waals surface area contributed by atoms with Gasteiger partial charge in [-0.25, -0.2) is 4.79 Å². The van der Waals surface area contributed by atoms with Crippen molar-refractivity contribution in [2.45, 2.75) is 59.0 Å². The number of esters is 2. The highest BCUT2D eigenvalue weighted by atomic mass is 16.5. The normalized spacial score (nSPS) is 12.0. The lowest BCUT2D eigenvalue weighted by Crippen LogP contribution is -2.18. The maximum atomic E-state index is 11.9. The predicted octanol–water partition coefficient (Wildman–Crippen LogP) is 4.12. The van der Waals surface area contributed by atoms with Crippen molar-refractivity contribution in [3.8, 4) is 0 Å². The van der Waals surface area contributed by atoms with Crippen LogP contribution in [0.5, 0.6) is 0 Å². The van der Waals surface area contributed by atoms with E-state index in [1.807, 2.05) is 32.9 Å². The van der Waals surface area contributed by atoms with Crippen LogP contribution in [0.4, 0.5) is 0 Å². The molecule has 0 radical (unpaired) electrons. The van der Waals surface area contributed by atoms with Crippen LogP contribution in [0.15, 0.2) is 36.5 Å². The third kappa shape index (κ3) is 9.97. The fraction of sp³-hybridized carbons (Fsp3) is 0.556. The molecule has 0 aliphatic rings. The summed E-state index contributed by atoms with van der Waals surface area (Å²) in [5.41, 5.74) is 1.02. The summed E-state index contributed by atoms with van der Waals surface area (Å²) in [5, 5.41) is 0. The summed E-state index contributed by atoms with van der Waals surface area (Å²) in [6, 6.07) is 0. The van der Waals surface area contributed by atoms with Gasteiger partial charge in [0, 0.05) is 5.57 Å². The second-order valence-electron chi connectivity index (χ2n) is 5.29. The molecule has 0 bridgehead atoms. The molecule has 0 aliphatic heterocycles. The van der Waals surface area contributed by atoms with Crippen LogP contribution in [0.25, 0.3) is 0 Å². The van der Waals surface area contributed by atoms with Crippen molar-refractivity contribution in [1.82, 2.24) is 0 Å². The number of ether oxygens (including phenoxy) is 2. The molecule has 0 spiro atoms. The largest absolute Gasteiger partial charge is 0.462 e. The fourth-order valence-corrected chi connectivity index (χ4v) is 1.62. The van der Waals surface area contributed by atoms with E-state index in [1.165, 1.54) is 0 Å². The highest BCUT2D eigenvalue weighted by molar-refractivity contribution is 5.93. The monoisotopic (exact) mass is 308 g/mol. The summed E-state index contributed by atoms with van der Waals surface area (Å²) in [6.07, 6.45) is 6.53. The molecular formula is C18H28O4. The Morgan fingerprint density at radius 1 is 1.18 bits per heavy atom. The standard InChI is InChI=1S/C18H28O4/c1-6-8-12-21-18(20)15(5)13-17(19)22-16(9-7-2)11-10-14(3)4/h10-11,16H,3,5-9,12-13H2,1-2,4H3/b11-10+. The third-order valence-electron chi connectivity index (χ3n) is 2.83. The molecule has 4 nitrogen and oxygen atoms in total. The van der Waals surface area contributed by atoms with Crippen molar-refractivity contribution in [1.29, 1.82) is 0 Å². The van der Waals surface area contributed by atoms with Gasteiger partial charge in [0.1, 0.15) is 6.10 Å². The van der Waals surface area contributed by atoms with Crippen molar-refractivity contribution in [2.75, 3.05) is 6.61 Å². The molecule has 0 rings (SSSR count). The number of unbranched alkanes of at least 4 members (excludes halogenated alkanes) is 1. The Hall–Kier alpha value is -1.84. The Bertz CT molecular complexity index is 421. The number of rotatable bonds is 11. The fourth-order valence-electron chi connectivity index (χ4n) is 1.62. The van der Waals surface area contributed by atoms with Crippen molar-refractivity contribution >= 4 is 11.9 Å². The van der Waals surface area contributed by atoms with E-state index in [1.54, 1.807) is 0 Å². The Morgan fingerprint density at radius 2 is 1.86 bits per heavy atom. The number of carbonyl (C=O) groups excluding carboxylic acids is 2. The van der Waals surface area contributed by atoms with Gasteiger partial charge >= 0.3 is 11.9 Å². The molecule has 0 saturated heterocycles. The van der Waals surface area contributed by atoms with E-state index in [0.717, 1.165) is 31.3 Å². The molecule has 0 aromatic carbocycles. The van der Waals surface area contributed by atoms with E-state index in [2.05, 4.69) is 13.2 Å². The lowest BCUT2D eigenvalue weighted by molar-refractivity contribution is -0.148. The summed E-state index contributed by atoms with van der Waals surface area (Å²) >= 11 is 0. The molecule has 22 heavy (non-hydrogen) atoms.